The van der Waals surface area contributed by atoms with Crippen molar-refractivity contribution in [2.24, 2.45) is 11.7 Å². The minimum atomic E-state index is 0.375. The van der Waals surface area contributed by atoms with E-state index in [4.69, 9.17) is 10.5 Å². The average Bonchev–Trinajstić information content (AvgIpc) is 2.65. The summed E-state index contributed by atoms with van der Waals surface area (Å²) in [5.74, 6) is 1.68. The predicted molar refractivity (Wildman–Crippen MR) is 59.2 cm³/mol. The maximum Gasteiger partial charge on any atom is 0.123 e. The molecule has 0 saturated heterocycles. The maximum absolute atomic E-state index is 9.82. The van der Waals surface area contributed by atoms with Crippen LogP contribution in [-0.4, -0.2) is 18.3 Å². The number of phenolic OH excluding ortho intramolecular Hbond substituents is 1. The van der Waals surface area contributed by atoms with Crippen molar-refractivity contribution in [2.75, 3.05) is 13.2 Å². The molecule has 1 atom stereocenters. The van der Waals surface area contributed by atoms with Crippen LogP contribution in [0.1, 0.15) is 18.1 Å². The van der Waals surface area contributed by atoms with E-state index >= 15 is 0 Å². The van der Waals surface area contributed by atoms with Crippen LogP contribution in [0.4, 0.5) is 0 Å². The fourth-order valence-corrected chi connectivity index (χ4v) is 1.88. The number of rotatable bonds is 3. The van der Waals surface area contributed by atoms with Crippen molar-refractivity contribution in [3.05, 3.63) is 23.3 Å². The summed E-state index contributed by atoms with van der Waals surface area (Å²) in [6, 6.07) is 3.77. The molecule has 3 heteroatoms. The summed E-state index contributed by atoms with van der Waals surface area (Å²) in [6.07, 6.45) is 1.70. The quantitative estimate of drug-likeness (QED) is 0.789. The van der Waals surface area contributed by atoms with Crippen LogP contribution in [-0.2, 0) is 12.8 Å². The van der Waals surface area contributed by atoms with Gasteiger partial charge in [-0.1, -0.05) is 6.92 Å². The predicted octanol–water partition coefficient (Wildman–Crippen LogP) is 1.46. The summed E-state index contributed by atoms with van der Waals surface area (Å²) in [5.41, 5.74) is 7.62. The molecule has 2 rings (SSSR count). The molecule has 0 radical (unpaired) electrons. The van der Waals surface area contributed by atoms with Crippen molar-refractivity contribution < 1.29 is 9.84 Å². The van der Waals surface area contributed by atoms with Gasteiger partial charge in [0, 0.05) is 12.0 Å². The van der Waals surface area contributed by atoms with Gasteiger partial charge in [-0.3, -0.25) is 0 Å². The number of phenols is 1. The highest BCUT2D eigenvalue weighted by Gasteiger charge is 2.16. The Hall–Kier alpha value is -1.22. The third-order valence-electron chi connectivity index (χ3n) is 2.86. The van der Waals surface area contributed by atoms with Crippen LogP contribution in [0.3, 0.4) is 0 Å². The van der Waals surface area contributed by atoms with Crippen molar-refractivity contribution in [2.45, 2.75) is 19.8 Å². The van der Waals surface area contributed by atoms with Crippen molar-refractivity contribution >= 4 is 0 Å². The standard InChI is InChI=1S/C12H17NO2/c1-8(7-13)4-10-6-12-9(2-3-15-12)5-11(10)14/h5-6,8,14H,2-4,7,13H2,1H3. The van der Waals surface area contributed by atoms with Crippen LogP contribution in [0, 0.1) is 5.92 Å². The molecular weight excluding hydrogens is 190 g/mol. The molecule has 0 saturated carbocycles. The van der Waals surface area contributed by atoms with Crippen LogP contribution in [0.2, 0.25) is 0 Å². The van der Waals surface area contributed by atoms with Crippen LogP contribution >= 0.6 is 0 Å². The van der Waals surface area contributed by atoms with Gasteiger partial charge in [0.1, 0.15) is 11.5 Å². The zero-order valence-corrected chi connectivity index (χ0v) is 8.99. The van der Waals surface area contributed by atoms with Crippen molar-refractivity contribution in [1.29, 1.82) is 0 Å². The molecule has 0 fully saturated rings. The Morgan fingerprint density at radius 2 is 2.33 bits per heavy atom. The number of hydrogen-bond donors (Lipinski definition) is 2. The Bertz CT molecular complexity index is 363. The Morgan fingerprint density at radius 3 is 3.07 bits per heavy atom. The molecule has 0 bridgehead atoms. The van der Waals surface area contributed by atoms with E-state index in [1.807, 2.05) is 12.1 Å². The number of nitrogens with two attached hydrogens (primary N) is 1. The van der Waals surface area contributed by atoms with E-state index in [1.54, 1.807) is 0 Å². The van der Waals surface area contributed by atoms with Gasteiger partial charge in [-0.05, 0) is 36.6 Å². The van der Waals surface area contributed by atoms with Crippen molar-refractivity contribution in [3.63, 3.8) is 0 Å². The normalized spacial score (nSPS) is 15.9. The van der Waals surface area contributed by atoms with E-state index in [9.17, 15) is 5.11 Å². The first-order chi connectivity index (χ1) is 7.20. The highest BCUT2D eigenvalue weighted by Crippen LogP contribution is 2.33. The number of fused-ring (bicyclic) bond motifs is 1. The van der Waals surface area contributed by atoms with Gasteiger partial charge >= 0.3 is 0 Å². The second-order valence-electron chi connectivity index (χ2n) is 4.23. The van der Waals surface area contributed by atoms with E-state index < -0.39 is 0 Å². The molecule has 15 heavy (non-hydrogen) atoms. The molecular formula is C12H17NO2. The third kappa shape index (κ3) is 2.07. The lowest BCUT2D eigenvalue weighted by atomic mass is 9.98. The average molecular weight is 207 g/mol. The molecule has 82 valence electrons. The van der Waals surface area contributed by atoms with E-state index in [2.05, 4.69) is 6.92 Å². The molecule has 0 aromatic heterocycles. The molecule has 1 aromatic carbocycles. The Balaban J connectivity index is 2.24. The van der Waals surface area contributed by atoms with Gasteiger partial charge in [0.05, 0.1) is 6.61 Å². The van der Waals surface area contributed by atoms with Gasteiger partial charge in [0.15, 0.2) is 0 Å². The van der Waals surface area contributed by atoms with Crippen molar-refractivity contribution in [1.82, 2.24) is 0 Å². The molecule has 3 N–H and O–H groups in total. The molecule has 0 amide bonds. The SMILES string of the molecule is CC(CN)Cc1cc2c(cc1O)CCO2. The topological polar surface area (TPSA) is 55.5 Å². The summed E-state index contributed by atoms with van der Waals surface area (Å²) in [5, 5.41) is 9.82. The van der Waals surface area contributed by atoms with Gasteiger partial charge in [-0.15, -0.1) is 0 Å². The molecule has 1 unspecified atom stereocenters. The largest absolute Gasteiger partial charge is 0.508 e. The van der Waals surface area contributed by atoms with E-state index in [1.165, 1.54) is 0 Å². The van der Waals surface area contributed by atoms with Crippen LogP contribution in [0.15, 0.2) is 12.1 Å². The van der Waals surface area contributed by atoms with E-state index in [-0.39, 0.29) is 0 Å². The Morgan fingerprint density at radius 1 is 1.53 bits per heavy atom. The smallest absolute Gasteiger partial charge is 0.123 e. The fraction of sp³-hybridized carbons (Fsp3) is 0.500. The molecule has 1 aliphatic heterocycles. The lowest BCUT2D eigenvalue weighted by Crippen LogP contribution is -2.13. The minimum Gasteiger partial charge on any atom is -0.508 e. The zero-order valence-electron chi connectivity index (χ0n) is 8.99. The van der Waals surface area contributed by atoms with Gasteiger partial charge in [0.25, 0.3) is 0 Å². The summed E-state index contributed by atoms with van der Waals surface area (Å²) < 4.78 is 5.47. The molecule has 3 nitrogen and oxygen atoms in total. The highest BCUT2D eigenvalue weighted by molar-refractivity contribution is 5.47. The zero-order chi connectivity index (χ0) is 10.8. The molecule has 1 aliphatic rings. The van der Waals surface area contributed by atoms with Crippen LogP contribution in [0.5, 0.6) is 11.5 Å². The summed E-state index contributed by atoms with van der Waals surface area (Å²) in [6.45, 7) is 3.44. The van der Waals surface area contributed by atoms with Crippen LogP contribution < -0.4 is 10.5 Å². The first-order valence-corrected chi connectivity index (χ1v) is 5.38. The molecule has 1 aromatic rings. The monoisotopic (exact) mass is 207 g/mol. The summed E-state index contributed by atoms with van der Waals surface area (Å²) in [7, 11) is 0. The maximum atomic E-state index is 9.82. The van der Waals surface area contributed by atoms with Crippen molar-refractivity contribution in [3.8, 4) is 11.5 Å². The summed E-state index contributed by atoms with van der Waals surface area (Å²) >= 11 is 0. The van der Waals surface area contributed by atoms with Crippen LogP contribution in [0.25, 0.3) is 0 Å². The summed E-state index contributed by atoms with van der Waals surface area (Å²) in [4.78, 5) is 0. The minimum absolute atomic E-state index is 0.375. The number of aromatic hydroxyl groups is 1. The third-order valence-corrected chi connectivity index (χ3v) is 2.86. The number of benzene rings is 1. The van der Waals surface area contributed by atoms with Gasteiger partial charge in [-0.2, -0.15) is 0 Å². The van der Waals surface area contributed by atoms with Gasteiger partial charge in [-0.25, -0.2) is 0 Å². The van der Waals surface area contributed by atoms with Gasteiger partial charge in [0.2, 0.25) is 0 Å². The molecule has 0 aliphatic carbocycles. The Kier molecular flexibility index (Phi) is 2.82. The molecule has 0 spiro atoms. The molecule has 1 heterocycles. The van der Waals surface area contributed by atoms with E-state index in [0.29, 0.717) is 18.2 Å². The number of hydrogen-bond acceptors (Lipinski definition) is 3. The highest BCUT2D eigenvalue weighted by atomic mass is 16.5. The lowest BCUT2D eigenvalue weighted by molar-refractivity contribution is 0.356. The first-order valence-electron chi connectivity index (χ1n) is 5.38. The van der Waals surface area contributed by atoms with E-state index in [0.717, 1.165) is 36.3 Å². The second-order valence-corrected chi connectivity index (χ2v) is 4.23. The first kappa shape index (κ1) is 10.3. The number of ether oxygens (including phenoxy) is 1. The second kappa shape index (κ2) is 4.11. The van der Waals surface area contributed by atoms with Gasteiger partial charge < -0.3 is 15.6 Å². The fourth-order valence-electron chi connectivity index (χ4n) is 1.88. The lowest BCUT2D eigenvalue weighted by Gasteiger charge is -2.11. The Labute approximate surface area is 89.9 Å².